The second-order valence-electron chi connectivity index (χ2n) is 3.06. The number of aromatic nitrogens is 3. The molecule has 0 aliphatic carbocycles. The smallest absolute Gasteiger partial charge is 0.371 e. The zero-order chi connectivity index (χ0) is 11.5. The predicted molar refractivity (Wildman–Crippen MR) is 56.3 cm³/mol. The molecular weight excluding hydrogens is 230 g/mol. The van der Waals surface area contributed by atoms with Gasteiger partial charge in [0.2, 0.25) is 10.9 Å². The number of carbonyl (C=O) groups is 1. The third-order valence-electron chi connectivity index (χ3n) is 1.79. The molecule has 0 aliphatic rings. The molecule has 0 aromatic carbocycles. The SMILES string of the molecule is Cc1nc(SCc2ccc(C(=O)O)o2)n[nH]1. The molecule has 7 heteroatoms. The summed E-state index contributed by atoms with van der Waals surface area (Å²) in [6.45, 7) is 1.81. The number of hydrogen-bond donors (Lipinski definition) is 2. The normalized spacial score (nSPS) is 10.6. The summed E-state index contributed by atoms with van der Waals surface area (Å²) in [7, 11) is 0. The highest BCUT2D eigenvalue weighted by atomic mass is 32.2. The number of nitrogens with one attached hydrogen (secondary N) is 1. The van der Waals surface area contributed by atoms with Gasteiger partial charge < -0.3 is 9.52 Å². The lowest BCUT2D eigenvalue weighted by molar-refractivity contribution is 0.0661. The molecule has 0 spiro atoms. The number of aromatic amines is 1. The number of H-pyrrole nitrogens is 1. The second kappa shape index (κ2) is 4.40. The number of rotatable bonds is 4. The van der Waals surface area contributed by atoms with Crippen molar-refractivity contribution in [1.82, 2.24) is 15.2 Å². The van der Waals surface area contributed by atoms with Gasteiger partial charge in [0.05, 0.1) is 5.75 Å². The van der Waals surface area contributed by atoms with Crippen LogP contribution in [0, 0.1) is 6.92 Å². The number of aromatic carboxylic acids is 1. The zero-order valence-corrected chi connectivity index (χ0v) is 9.24. The third kappa shape index (κ3) is 2.43. The van der Waals surface area contributed by atoms with Crippen molar-refractivity contribution in [2.24, 2.45) is 0 Å². The molecule has 0 amide bonds. The van der Waals surface area contributed by atoms with Gasteiger partial charge in [0.25, 0.3) is 0 Å². The number of aryl methyl sites for hydroxylation is 1. The first-order valence-electron chi connectivity index (χ1n) is 4.49. The summed E-state index contributed by atoms with van der Waals surface area (Å²) in [5, 5.41) is 15.9. The fourth-order valence-corrected chi connectivity index (χ4v) is 1.83. The van der Waals surface area contributed by atoms with Crippen LogP contribution in [0.1, 0.15) is 22.1 Å². The molecule has 0 fully saturated rings. The zero-order valence-electron chi connectivity index (χ0n) is 8.43. The van der Waals surface area contributed by atoms with E-state index in [0.29, 0.717) is 16.7 Å². The Morgan fingerprint density at radius 2 is 2.44 bits per heavy atom. The van der Waals surface area contributed by atoms with Gasteiger partial charge in [0, 0.05) is 0 Å². The van der Waals surface area contributed by atoms with E-state index in [1.807, 2.05) is 6.92 Å². The monoisotopic (exact) mass is 239 g/mol. The van der Waals surface area contributed by atoms with Crippen LogP contribution in [0.25, 0.3) is 0 Å². The second-order valence-corrected chi connectivity index (χ2v) is 4.01. The maximum atomic E-state index is 10.6. The maximum absolute atomic E-state index is 10.6. The number of thioether (sulfide) groups is 1. The molecule has 2 N–H and O–H groups in total. The van der Waals surface area contributed by atoms with E-state index in [2.05, 4.69) is 15.2 Å². The van der Waals surface area contributed by atoms with Crippen LogP contribution in [0.15, 0.2) is 21.7 Å². The van der Waals surface area contributed by atoms with Crippen molar-refractivity contribution in [2.45, 2.75) is 17.8 Å². The van der Waals surface area contributed by atoms with Gasteiger partial charge in [-0.25, -0.2) is 9.78 Å². The molecule has 0 bridgehead atoms. The van der Waals surface area contributed by atoms with Crippen molar-refractivity contribution >= 4 is 17.7 Å². The minimum absolute atomic E-state index is 0.0539. The van der Waals surface area contributed by atoms with Crippen molar-refractivity contribution in [3.8, 4) is 0 Å². The number of carboxylic acid groups (broad SMARTS) is 1. The first-order valence-corrected chi connectivity index (χ1v) is 5.47. The molecule has 2 aromatic heterocycles. The van der Waals surface area contributed by atoms with E-state index in [1.54, 1.807) is 6.07 Å². The van der Waals surface area contributed by atoms with E-state index in [0.717, 1.165) is 5.82 Å². The van der Waals surface area contributed by atoms with Gasteiger partial charge in [-0.2, -0.15) is 0 Å². The lowest BCUT2D eigenvalue weighted by Gasteiger charge is -1.92. The minimum Gasteiger partial charge on any atom is -0.475 e. The van der Waals surface area contributed by atoms with E-state index in [1.165, 1.54) is 17.8 Å². The van der Waals surface area contributed by atoms with Crippen molar-refractivity contribution < 1.29 is 14.3 Å². The van der Waals surface area contributed by atoms with Crippen molar-refractivity contribution in [2.75, 3.05) is 0 Å². The number of carboxylic acids is 1. The Labute approximate surface area is 95.1 Å². The average Bonchev–Trinajstić information content (AvgIpc) is 2.83. The highest BCUT2D eigenvalue weighted by Crippen LogP contribution is 2.20. The first-order chi connectivity index (χ1) is 7.65. The van der Waals surface area contributed by atoms with Crippen molar-refractivity contribution in [3.05, 3.63) is 29.5 Å². The van der Waals surface area contributed by atoms with E-state index in [-0.39, 0.29) is 5.76 Å². The fraction of sp³-hybridized carbons (Fsp3) is 0.222. The Balaban J connectivity index is 1.97. The molecule has 0 saturated heterocycles. The molecule has 0 atom stereocenters. The molecule has 0 unspecified atom stereocenters. The fourth-order valence-electron chi connectivity index (χ4n) is 1.09. The standard InChI is InChI=1S/C9H9N3O3S/c1-5-10-9(12-11-5)16-4-6-2-3-7(15-6)8(13)14/h2-3H,4H2,1H3,(H,13,14)(H,10,11,12). The van der Waals surface area contributed by atoms with E-state index in [9.17, 15) is 4.79 Å². The van der Waals surface area contributed by atoms with E-state index < -0.39 is 5.97 Å². The lowest BCUT2D eigenvalue weighted by Crippen LogP contribution is -1.91. The largest absolute Gasteiger partial charge is 0.475 e. The first kappa shape index (κ1) is 10.7. The molecule has 6 nitrogen and oxygen atoms in total. The summed E-state index contributed by atoms with van der Waals surface area (Å²) in [6.07, 6.45) is 0. The molecular formula is C9H9N3O3S. The van der Waals surface area contributed by atoms with Crippen LogP contribution in [0.5, 0.6) is 0 Å². The molecule has 16 heavy (non-hydrogen) atoms. The topological polar surface area (TPSA) is 92.0 Å². The van der Waals surface area contributed by atoms with Crippen LogP contribution in [0.2, 0.25) is 0 Å². The van der Waals surface area contributed by atoms with Crippen LogP contribution in [-0.4, -0.2) is 26.3 Å². The number of nitrogens with zero attached hydrogens (tertiary/aromatic N) is 2. The Morgan fingerprint density at radius 3 is 3.00 bits per heavy atom. The lowest BCUT2D eigenvalue weighted by atomic mass is 10.4. The highest BCUT2D eigenvalue weighted by molar-refractivity contribution is 7.98. The van der Waals surface area contributed by atoms with Crippen LogP contribution >= 0.6 is 11.8 Å². The summed E-state index contributed by atoms with van der Waals surface area (Å²) >= 11 is 1.38. The van der Waals surface area contributed by atoms with Gasteiger partial charge in [0.15, 0.2) is 0 Å². The van der Waals surface area contributed by atoms with Gasteiger partial charge in [-0.05, 0) is 19.1 Å². The Bertz CT molecular complexity index is 506. The van der Waals surface area contributed by atoms with Gasteiger partial charge in [-0.15, -0.1) is 5.10 Å². The summed E-state index contributed by atoms with van der Waals surface area (Å²) in [4.78, 5) is 14.7. The van der Waals surface area contributed by atoms with Gasteiger partial charge in [-0.3, -0.25) is 5.10 Å². The Hall–Kier alpha value is -1.76. The average molecular weight is 239 g/mol. The molecule has 0 radical (unpaired) electrons. The molecule has 2 rings (SSSR count). The third-order valence-corrected chi connectivity index (χ3v) is 2.66. The van der Waals surface area contributed by atoms with Gasteiger partial charge >= 0.3 is 5.97 Å². The van der Waals surface area contributed by atoms with Gasteiger partial charge in [-0.1, -0.05) is 11.8 Å². The minimum atomic E-state index is -1.06. The summed E-state index contributed by atoms with van der Waals surface area (Å²) in [6, 6.07) is 3.07. The van der Waals surface area contributed by atoms with Crippen LogP contribution in [0.3, 0.4) is 0 Å². The predicted octanol–water partition coefficient (Wildman–Crippen LogP) is 1.70. The van der Waals surface area contributed by atoms with Gasteiger partial charge in [0.1, 0.15) is 11.6 Å². The van der Waals surface area contributed by atoms with Crippen LogP contribution in [0.4, 0.5) is 0 Å². The van der Waals surface area contributed by atoms with Crippen LogP contribution < -0.4 is 0 Å². The summed E-state index contributed by atoms with van der Waals surface area (Å²) < 4.78 is 5.09. The van der Waals surface area contributed by atoms with E-state index >= 15 is 0 Å². The van der Waals surface area contributed by atoms with E-state index in [4.69, 9.17) is 9.52 Å². The van der Waals surface area contributed by atoms with Crippen molar-refractivity contribution in [1.29, 1.82) is 0 Å². The number of furan rings is 1. The van der Waals surface area contributed by atoms with Crippen molar-refractivity contribution in [3.63, 3.8) is 0 Å². The number of hydrogen-bond acceptors (Lipinski definition) is 5. The molecule has 2 heterocycles. The summed E-state index contributed by atoms with van der Waals surface area (Å²) in [5.41, 5.74) is 0. The Kier molecular flexibility index (Phi) is 2.95. The van der Waals surface area contributed by atoms with Crippen LogP contribution in [-0.2, 0) is 5.75 Å². The molecule has 0 saturated carbocycles. The molecule has 2 aromatic rings. The summed E-state index contributed by atoms with van der Waals surface area (Å²) in [5.74, 6) is 0.717. The Morgan fingerprint density at radius 1 is 1.62 bits per heavy atom. The maximum Gasteiger partial charge on any atom is 0.371 e. The molecule has 0 aliphatic heterocycles. The highest BCUT2D eigenvalue weighted by Gasteiger charge is 2.09. The quantitative estimate of drug-likeness (QED) is 0.789. The molecule has 84 valence electrons.